The highest BCUT2D eigenvalue weighted by molar-refractivity contribution is 6.35. The van der Waals surface area contributed by atoms with Crippen molar-refractivity contribution in [1.82, 2.24) is 9.97 Å². The van der Waals surface area contributed by atoms with Crippen LogP contribution in [0.2, 0.25) is 10.0 Å². The van der Waals surface area contributed by atoms with E-state index in [1.165, 1.54) is 24.3 Å². The number of rotatable bonds is 4. The maximum absolute atomic E-state index is 13.2. The lowest BCUT2D eigenvalue weighted by molar-refractivity contribution is 0.102. The second kappa shape index (κ2) is 7.68. The van der Waals surface area contributed by atoms with Gasteiger partial charge >= 0.3 is 0 Å². The molecule has 8 heteroatoms. The van der Waals surface area contributed by atoms with Crippen molar-refractivity contribution in [3.63, 3.8) is 0 Å². The Kier molecular flexibility index (Phi) is 5.35. The van der Waals surface area contributed by atoms with Gasteiger partial charge in [-0.15, -0.1) is 0 Å². The van der Waals surface area contributed by atoms with Gasteiger partial charge in [0.25, 0.3) is 5.91 Å². The zero-order valence-electron chi connectivity index (χ0n) is 13.6. The van der Waals surface area contributed by atoms with E-state index in [-0.39, 0.29) is 5.69 Å². The van der Waals surface area contributed by atoms with Gasteiger partial charge in [-0.25, -0.2) is 14.4 Å². The number of carbonyl (C=O) groups excluding carboxylic acids is 1. The summed E-state index contributed by atoms with van der Waals surface area (Å²) in [5, 5.41) is 6.57. The molecule has 3 rings (SSSR count). The molecule has 3 aromatic rings. The summed E-state index contributed by atoms with van der Waals surface area (Å²) in [6.45, 7) is 1.66. The van der Waals surface area contributed by atoms with Crippen molar-refractivity contribution in [1.29, 1.82) is 0 Å². The first-order chi connectivity index (χ1) is 12.4. The number of hydrogen-bond acceptors (Lipinski definition) is 4. The fourth-order valence-corrected chi connectivity index (χ4v) is 2.81. The summed E-state index contributed by atoms with van der Waals surface area (Å²) in [5.74, 6) is -0.122. The van der Waals surface area contributed by atoms with Crippen molar-refractivity contribution in [3.05, 3.63) is 75.9 Å². The summed E-state index contributed by atoms with van der Waals surface area (Å²) in [7, 11) is 0. The standard InChI is InChI=1S/C18H13Cl2FN4O/c1-10-22-16(18(26)25-14-4-2-3-13(21)8-14)9-17(23-10)24-15-6-11(19)5-12(20)7-15/h2-9H,1H3,(H,25,26)(H,22,23,24). The van der Waals surface area contributed by atoms with Crippen LogP contribution >= 0.6 is 23.2 Å². The van der Waals surface area contributed by atoms with E-state index < -0.39 is 11.7 Å². The number of halogens is 3. The van der Waals surface area contributed by atoms with Crippen molar-refractivity contribution >= 4 is 46.3 Å². The van der Waals surface area contributed by atoms with Crippen LogP contribution < -0.4 is 10.6 Å². The molecule has 0 aliphatic rings. The molecule has 0 saturated carbocycles. The number of amides is 1. The van der Waals surface area contributed by atoms with Gasteiger partial charge in [0, 0.05) is 27.5 Å². The lowest BCUT2D eigenvalue weighted by atomic mass is 10.2. The molecule has 1 aromatic heterocycles. The van der Waals surface area contributed by atoms with E-state index in [0.29, 0.717) is 33.1 Å². The highest BCUT2D eigenvalue weighted by Crippen LogP contribution is 2.25. The largest absolute Gasteiger partial charge is 0.340 e. The number of nitrogens with zero attached hydrogens (tertiary/aromatic N) is 2. The zero-order chi connectivity index (χ0) is 18.7. The Balaban J connectivity index is 1.83. The molecule has 0 atom stereocenters. The summed E-state index contributed by atoms with van der Waals surface area (Å²) < 4.78 is 13.2. The summed E-state index contributed by atoms with van der Waals surface area (Å²) in [5.41, 5.74) is 1.09. The Morgan fingerprint density at radius 1 is 1.00 bits per heavy atom. The van der Waals surface area contributed by atoms with Crippen molar-refractivity contribution in [2.75, 3.05) is 10.6 Å². The molecule has 0 unspecified atom stereocenters. The third-order valence-corrected chi connectivity index (χ3v) is 3.72. The molecule has 26 heavy (non-hydrogen) atoms. The minimum Gasteiger partial charge on any atom is -0.340 e. The second-order valence-electron chi connectivity index (χ2n) is 5.43. The number of hydrogen-bond donors (Lipinski definition) is 2. The molecule has 0 radical (unpaired) electrons. The predicted molar refractivity (Wildman–Crippen MR) is 101 cm³/mol. The molecule has 0 aliphatic heterocycles. The summed E-state index contributed by atoms with van der Waals surface area (Å²) >= 11 is 12.0. The maximum Gasteiger partial charge on any atom is 0.274 e. The third kappa shape index (κ3) is 4.68. The third-order valence-electron chi connectivity index (χ3n) is 3.29. The Morgan fingerprint density at radius 2 is 1.73 bits per heavy atom. The summed E-state index contributed by atoms with van der Waals surface area (Å²) in [6.07, 6.45) is 0. The minimum absolute atomic E-state index is 0.136. The van der Waals surface area contributed by atoms with Gasteiger partial charge < -0.3 is 10.6 Å². The monoisotopic (exact) mass is 390 g/mol. The first-order valence-corrected chi connectivity index (χ1v) is 8.30. The number of carbonyl (C=O) groups is 1. The number of aryl methyl sites for hydroxylation is 1. The normalized spacial score (nSPS) is 10.5. The predicted octanol–water partition coefficient (Wildman–Crippen LogP) is 5.23. The van der Waals surface area contributed by atoms with Crippen LogP contribution in [0.15, 0.2) is 48.5 Å². The van der Waals surface area contributed by atoms with Gasteiger partial charge in [0.05, 0.1) is 0 Å². The van der Waals surface area contributed by atoms with E-state index in [0.717, 1.165) is 0 Å². The second-order valence-corrected chi connectivity index (χ2v) is 6.31. The van der Waals surface area contributed by atoms with Gasteiger partial charge in [0.2, 0.25) is 0 Å². The van der Waals surface area contributed by atoms with Crippen molar-refractivity contribution in [2.24, 2.45) is 0 Å². The number of aromatic nitrogens is 2. The first-order valence-electron chi connectivity index (χ1n) is 7.55. The minimum atomic E-state index is -0.478. The van der Waals surface area contributed by atoms with Crippen molar-refractivity contribution in [3.8, 4) is 0 Å². The SMILES string of the molecule is Cc1nc(Nc2cc(Cl)cc(Cl)c2)cc(C(=O)Nc2cccc(F)c2)n1. The Labute approximate surface area is 159 Å². The van der Waals surface area contributed by atoms with E-state index in [1.54, 1.807) is 31.2 Å². The molecule has 0 spiro atoms. The Bertz CT molecular complexity index is 961. The summed E-state index contributed by atoms with van der Waals surface area (Å²) in [4.78, 5) is 20.8. The van der Waals surface area contributed by atoms with Crippen LogP contribution in [0.1, 0.15) is 16.3 Å². The van der Waals surface area contributed by atoms with Crippen molar-refractivity contribution in [2.45, 2.75) is 6.92 Å². The van der Waals surface area contributed by atoms with Gasteiger partial charge in [0.1, 0.15) is 23.2 Å². The molecule has 2 N–H and O–H groups in total. The molecular weight excluding hydrogens is 378 g/mol. The average molecular weight is 391 g/mol. The molecule has 0 fully saturated rings. The van der Waals surface area contributed by atoms with Gasteiger partial charge in [-0.3, -0.25) is 4.79 Å². The average Bonchev–Trinajstić information content (AvgIpc) is 2.53. The first kappa shape index (κ1) is 18.1. The number of benzene rings is 2. The quantitative estimate of drug-likeness (QED) is 0.640. The van der Waals surface area contributed by atoms with Gasteiger partial charge in [-0.2, -0.15) is 0 Å². The lowest BCUT2D eigenvalue weighted by Crippen LogP contribution is -2.15. The van der Waals surface area contributed by atoms with Crippen LogP contribution in [0.25, 0.3) is 0 Å². The van der Waals surface area contributed by atoms with E-state index in [4.69, 9.17) is 23.2 Å². The topological polar surface area (TPSA) is 66.9 Å². The van der Waals surface area contributed by atoms with Crippen LogP contribution in [0.4, 0.5) is 21.6 Å². The number of anilines is 3. The molecule has 2 aromatic carbocycles. The summed E-state index contributed by atoms with van der Waals surface area (Å²) in [6, 6.07) is 12.1. The number of nitrogens with one attached hydrogen (secondary N) is 2. The molecule has 1 heterocycles. The van der Waals surface area contributed by atoms with E-state index in [1.807, 2.05) is 0 Å². The van der Waals surface area contributed by atoms with E-state index in [9.17, 15) is 9.18 Å². The highest BCUT2D eigenvalue weighted by Gasteiger charge is 2.12. The molecule has 5 nitrogen and oxygen atoms in total. The van der Waals surface area contributed by atoms with Crippen LogP contribution in [-0.2, 0) is 0 Å². The van der Waals surface area contributed by atoms with Gasteiger partial charge in [-0.05, 0) is 43.3 Å². The van der Waals surface area contributed by atoms with Crippen LogP contribution in [0, 0.1) is 12.7 Å². The molecule has 0 saturated heterocycles. The smallest absolute Gasteiger partial charge is 0.274 e. The van der Waals surface area contributed by atoms with Crippen LogP contribution in [-0.4, -0.2) is 15.9 Å². The van der Waals surface area contributed by atoms with Gasteiger partial charge in [-0.1, -0.05) is 29.3 Å². The van der Waals surface area contributed by atoms with E-state index in [2.05, 4.69) is 20.6 Å². The van der Waals surface area contributed by atoms with E-state index >= 15 is 0 Å². The van der Waals surface area contributed by atoms with Gasteiger partial charge in [0.15, 0.2) is 0 Å². The Morgan fingerprint density at radius 3 is 2.42 bits per heavy atom. The molecule has 0 bridgehead atoms. The lowest BCUT2D eigenvalue weighted by Gasteiger charge is -2.10. The molecular formula is C18H13Cl2FN4O. The fourth-order valence-electron chi connectivity index (χ4n) is 2.28. The molecule has 0 aliphatic carbocycles. The molecule has 1 amide bonds. The molecule has 132 valence electrons. The fraction of sp³-hybridized carbons (Fsp3) is 0.0556. The maximum atomic E-state index is 13.2. The van der Waals surface area contributed by atoms with Crippen LogP contribution in [0.5, 0.6) is 0 Å². The Hall–Kier alpha value is -2.70. The van der Waals surface area contributed by atoms with Crippen LogP contribution in [0.3, 0.4) is 0 Å². The highest BCUT2D eigenvalue weighted by atomic mass is 35.5. The van der Waals surface area contributed by atoms with Crippen molar-refractivity contribution < 1.29 is 9.18 Å². The zero-order valence-corrected chi connectivity index (χ0v) is 15.1.